The summed E-state index contributed by atoms with van der Waals surface area (Å²) in [7, 11) is 0. The highest BCUT2D eigenvalue weighted by molar-refractivity contribution is 6.30. The second kappa shape index (κ2) is 3.25. The van der Waals surface area contributed by atoms with Crippen LogP contribution in [0, 0.1) is 0 Å². The van der Waals surface area contributed by atoms with E-state index in [1.807, 2.05) is 0 Å². The monoisotopic (exact) mass is 199 g/mol. The molecule has 1 aliphatic rings. The fourth-order valence-electron chi connectivity index (χ4n) is 1.42. The molecule has 2 heterocycles. The minimum atomic E-state index is -0.940. The van der Waals surface area contributed by atoms with Gasteiger partial charge in [0.2, 0.25) is 0 Å². The van der Waals surface area contributed by atoms with Gasteiger partial charge < -0.3 is 9.84 Å². The third kappa shape index (κ3) is 1.68. The smallest absolute Gasteiger partial charge is 0.132 e. The first-order chi connectivity index (χ1) is 6.21. The molecule has 1 aromatic heterocycles. The highest BCUT2D eigenvalue weighted by atomic mass is 35.5. The second-order valence-corrected chi connectivity index (χ2v) is 3.63. The number of ether oxygens (including phenoxy) is 1. The highest BCUT2D eigenvalue weighted by Crippen LogP contribution is 2.29. The number of hydrogen-bond acceptors (Lipinski definition) is 3. The lowest BCUT2D eigenvalue weighted by molar-refractivity contribution is 0.0194. The van der Waals surface area contributed by atoms with Gasteiger partial charge in [-0.3, -0.25) is 4.98 Å². The summed E-state index contributed by atoms with van der Waals surface area (Å²) in [5.74, 6) is 0. The normalized spacial score (nSPS) is 27.8. The molecule has 1 aliphatic heterocycles. The Bertz CT molecular complexity index is 310. The van der Waals surface area contributed by atoms with Crippen LogP contribution in [0.4, 0.5) is 0 Å². The number of hydrogen-bond donors (Lipinski definition) is 1. The third-order valence-corrected chi connectivity index (χ3v) is 2.43. The summed E-state index contributed by atoms with van der Waals surface area (Å²) in [6.07, 6.45) is 2.17. The first kappa shape index (κ1) is 8.94. The van der Waals surface area contributed by atoms with E-state index in [9.17, 15) is 5.11 Å². The van der Waals surface area contributed by atoms with Crippen molar-refractivity contribution in [3.8, 4) is 0 Å². The van der Waals surface area contributed by atoms with Gasteiger partial charge >= 0.3 is 0 Å². The van der Waals surface area contributed by atoms with E-state index in [0.717, 1.165) is 0 Å². The minimum Gasteiger partial charge on any atom is -0.381 e. The Labute approximate surface area is 81.3 Å². The summed E-state index contributed by atoms with van der Waals surface area (Å²) in [6, 6.07) is 3.36. The van der Waals surface area contributed by atoms with Crippen LogP contribution in [-0.4, -0.2) is 23.3 Å². The number of rotatable bonds is 1. The molecule has 1 aromatic rings. The van der Waals surface area contributed by atoms with Crippen LogP contribution in [0.25, 0.3) is 0 Å². The van der Waals surface area contributed by atoms with Crippen LogP contribution >= 0.6 is 11.6 Å². The van der Waals surface area contributed by atoms with Gasteiger partial charge in [-0.25, -0.2) is 0 Å². The molecule has 70 valence electrons. The van der Waals surface area contributed by atoms with Crippen LogP contribution in [-0.2, 0) is 10.3 Å². The molecule has 2 rings (SSSR count). The maximum atomic E-state index is 10.0. The summed E-state index contributed by atoms with van der Waals surface area (Å²) in [6.45, 7) is 0.880. The van der Waals surface area contributed by atoms with Crippen molar-refractivity contribution in [1.29, 1.82) is 0 Å². The fourth-order valence-corrected chi connectivity index (χ4v) is 1.58. The maximum Gasteiger partial charge on any atom is 0.132 e. The quantitative estimate of drug-likeness (QED) is 0.743. The molecule has 1 atom stereocenters. The molecule has 0 aromatic carbocycles. The molecule has 1 fully saturated rings. The van der Waals surface area contributed by atoms with E-state index in [4.69, 9.17) is 16.3 Å². The first-order valence-electron chi connectivity index (χ1n) is 4.13. The van der Waals surface area contributed by atoms with Crippen molar-refractivity contribution in [2.24, 2.45) is 0 Å². The van der Waals surface area contributed by atoms with E-state index in [-0.39, 0.29) is 0 Å². The summed E-state index contributed by atoms with van der Waals surface area (Å²) >= 11 is 5.79. The Kier molecular flexibility index (Phi) is 2.24. The molecule has 0 aliphatic carbocycles. The van der Waals surface area contributed by atoms with Gasteiger partial charge in [-0.1, -0.05) is 11.6 Å². The van der Waals surface area contributed by atoms with E-state index in [2.05, 4.69) is 4.98 Å². The summed E-state index contributed by atoms with van der Waals surface area (Å²) in [5, 5.41) is 10.6. The molecule has 0 saturated carbocycles. The van der Waals surface area contributed by atoms with Crippen molar-refractivity contribution in [1.82, 2.24) is 4.98 Å². The van der Waals surface area contributed by atoms with Crippen LogP contribution in [0.1, 0.15) is 12.1 Å². The van der Waals surface area contributed by atoms with Crippen LogP contribution in [0.5, 0.6) is 0 Å². The molecule has 13 heavy (non-hydrogen) atoms. The van der Waals surface area contributed by atoms with Gasteiger partial charge in [0.05, 0.1) is 12.3 Å². The molecule has 1 N–H and O–H groups in total. The number of aromatic nitrogens is 1. The molecular formula is C9H10ClNO2. The second-order valence-electron chi connectivity index (χ2n) is 3.19. The fraction of sp³-hybridized carbons (Fsp3) is 0.444. The van der Waals surface area contributed by atoms with Gasteiger partial charge in [-0.2, -0.15) is 0 Å². The lowest BCUT2D eigenvalue weighted by Crippen LogP contribution is -2.26. The Morgan fingerprint density at radius 1 is 1.62 bits per heavy atom. The van der Waals surface area contributed by atoms with Crippen LogP contribution in [0.15, 0.2) is 18.3 Å². The maximum absolute atomic E-state index is 10.0. The van der Waals surface area contributed by atoms with Gasteiger partial charge in [0, 0.05) is 24.2 Å². The predicted molar refractivity (Wildman–Crippen MR) is 48.6 cm³/mol. The zero-order valence-electron chi connectivity index (χ0n) is 7.03. The molecule has 0 radical (unpaired) electrons. The third-order valence-electron chi connectivity index (χ3n) is 2.20. The summed E-state index contributed by atoms with van der Waals surface area (Å²) in [4.78, 5) is 4.08. The van der Waals surface area contributed by atoms with Crippen molar-refractivity contribution < 1.29 is 9.84 Å². The zero-order valence-corrected chi connectivity index (χ0v) is 7.79. The van der Waals surface area contributed by atoms with Gasteiger partial charge in [-0.15, -0.1) is 0 Å². The van der Waals surface area contributed by atoms with E-state index >= 15 is 0 Å². The Morgan fingerprint density at radius 3 is 3.08 bits per heavy atom. The van der Waals surface area contributed by atoms with Gasteiger partial charge in [0.25, 0.3) is 0 Å². The van der Waals surface area contributed by atoms with Crippen LogP contribution < -0.4 is 0 Å². The lowest BCUT2D eigenvalue weighted by atomic mass is 9.99. The Hall–Kier alpha value is -0.640. The predicted octanol–water partition coefficient (Wildman–Crippen LogP) is 1.34. The van der Waals surface area contributed by atoms with Crippen molar-refractivity contribution in [2.45, 2.75) is 12.0 Å². The van der Waals surface area contributed by atoms with Crippen molar-refractivity contribution >= 4 is 11.6 Å². The van der Waals surface area contributed by atoms with E-state index in [1.54, 1.807) is 18.3 Å². The average Bonchev–Trinajstić information content (AvgIpc) is 2.54. The van der Waals surface area contributed by atoms with E-state index in [1.165, 1.54) is 0 Å². The molecule has 1 unspecified atom stereocenters. The highest BCUT2D eigenvalue weighted by Gasteiger charge is 2.35. The number of nitrogens with zero attached hydrogens (tertiary/aromatic N) is 1. The van der Waals surface area contributed by atoms with Crippen LogP contribution in [0.2, 0.25) is 5.02 Å². The number of aliphatic hydroxyl groups is 1. The van der Waals surface area contributed by atoms with Gasteiger partial charge in [0.15, 0.2) is 0 Å². The molecule has 0 spiro atoms. The molecule has 3 nitrogen and oxygen atoms in total. The standard InChI is InChI=1S/C9H10ClNO2/c10-7-1-3-11-8(5-7)9(12)2-4-13-6-9/h1,3,5,12H,2,4,6H2. The minimum absolute atomic E-state index is 0.306. The van der Waals surface area contributed by atoms with Gasteiger partial charge in [0.1, 0.15) is 5.60 Å². The topological polar surface area (TPSA) is 42.4 Å². The largest absolute Gasteiger partial charge is 0.381 e. The van der Waals surface area contributed by atoms with E-state index < -0.39 is 5.60 Å². The zero-order chi connectivity index (χ0) is 9.31. The van der Waals surface area contributed by atoms with E-state index in [0.29, 0.717) is 30.4 Å². The molecule has 4 heteroatoms. The number of pyridine rings is 1. The summed E-state index contributed by atoms with van der Waals surface area (Å²) < 4.78 is 5.12. The first-order valence-corrected chi connectivity index (χ1v) is 4.51. The average molecular weight is 200 g/mol. The lowest BCUT2D eigenvalue weighted by Gasteiger charge is -2.19. The van der Waals surface area contributed by atoms with Crippen molar-refractivity contribution in [3.63, 3.8) is 0 Å². The SMILES string of the molecule is OC1(c2cc(Cl)ccn2)CCOC1. The summed E-state index contributed by atoms with van der Waals surface area (Å²) in [5.41, 5.74) is -0.345. The van der Waals surface area contributed by atoms with Crippen molar-refractivity contribution in [2.75, 3.05) is 13.2 Å². The van der Waals surface area contributed by atoms with Gasteiger partial charge in [-0.05, 0) is 12.1 Å². The molecule has 0 amide bonds. The molecular weight excluding hydrogens is 190 g/mol. The van der Waals surface area contributed by atoms with Crippen molar-refractivity contribution in [3.05, 3.63) is 29.0 Å². The van der Waals surface area contributed by atoms with Crippen LogP contribution in [0.3, 0.4) is 0 Å². The molecule has 0 bridgehead atoms. The Balaban J connectivity index is 2.33. The number of halogens is 1. The molecule has 1 saturated heterocycles. The Morgan fingerprint density at radius 2 is 2.46 bits per heavy atom.